The highest BCUT2D eigenvalue weighted by molar-refractivity contribution is 7.99. The molecule has 2 nitrogen and oxygen atoms in total. The zero-order chi connectivity index (χ0) is 9.68. The molecule has 0 radical (unpaired) electrons. The van der Waals surface area contributed by atoms with Crippen molar-refractivity contribution in [2.75, 3.05) is 6.26 Å². The molecule has 0 saturated heterocycles. The molecule has 1 aromatic rings. The number of nitrogens with zero attached hydrogens (tertiary/aromatic N) is 1. The minimum atomic E-state index is -0.500. The van der Waals surface area contributed by atoms with Crippen LogP contribution in [0.15, 0.2) is 24.3 Å². The SMILES string of the molecule is CSC(C#N)Oc1ccccc1Cl. The lowest BCUT2D eigenvalue weighted by Gasteiger charge is -2.10. The standard InChI is InChI=1S/C9H8ClNOS/c1-13-9(6-11)12-8-5-3-2-4-7(8)10/h2-5,9H,1H3. The normalized spacial score (nSPS) is 11.8. The summed E-state index contributed by atoms with van der Waals surface area (Å²) in [6, 6.07) is 9.11. The minimum Gasteiger partial charge on any atom is -0.464 e. The van der Waals surface area contributed by atoms with Crippen molar-refractivity contribution in [1.82, 2.24) is 0 Å². The average Bonchev–Trinajstić information content (AvgIpc) is 2.17. The maximum Gasteiger partial charge on any atom is 0.230 e. The molecular formula is C9H8ClNOS. The quantitative estimate of drug-likeness (QED) is 0.724. The van der Waals surface area contributed by atoms with E-state index in [-0.39, 0.29) is 0 Å². The number of benzene rings is 1. The highest BCUT2D eigenvalue weighted by Crippen LogP contribution is 2.25. The first kappa shape index (κ1) is 10.2. The third-order valence-electron chi connectivity index (χ3n) is 1.39. The van der Waals surface area contributed by atoms with Crippen LogP contribution in [-0.2, 0) is 0 Å². The zero-order valence-electron chi connectivity index (χ0n) is 7.03. The number of hydrogen-bond donors (Lipinski definition) is 0. The molecule has 13 heavy (non-hydrogen) atoms. The monoisotopic (exact) mass is 213 g/mol. The van der Waals surface area contributed by atoms with E-state index in [0.29, 0.717) is 10.8 Å². The Balaban J connectivity index is 2.74. The first-order valence-corrected chi connectivity index (χ1v) is 5.28. The summed E-state index contributed by atoms with van der Waals surface area (Å²) in [5.74, 6) is 0.546. The Labute approximate surface area is 86.5 Å². The summed E-state index contributed by atoms with van der Waals surface area (Å²) in [7, 11) is 0. The second-order valence-corrected chi connectivity index (χ2v) is 3.55. The molecule has 0 spiro atoms. The molecule has 0 fully saturated rings. The van der Waals surface area contributed by atoms with E-state index in [1.54, 1.807) is 12.1 Å². The van der Waals surface area contributed by atoms with Gasteiger partial charge in [-0.05, 0) is 18.4 Å². The van der Waals surface area contributed by atoms with Crippen molar-refractivity contribution < 1.29 is 4.74 Å². The van der Waals surface area contributed by atoms with E-state index < -0.39 is 5.44 Å². The van der Waals surface area contributed by atoms with Crippen molar-refractivity contribution in [3.63, 3.8) is 0 Å². The first-order chi connectivity index (χ1) is 6.27. The molecule has 0 N–H and O–H groups in total. The van der Waals surface area contributed by atoms with E-state index in [2.05, 4.69) is 0 Å². The van der Waals surface area contributed by atoms with Gasteiger partial charge in [0.2, 0.25) is 5.44 Å². The van der Waals surface area contributed by atoms with E-state index >= 15 is 0 Å². The third kappa shape index (κ3) is 2.83. The largest absolute Gasteiger partial charge is 0.464 e. The highest BCUT2D eigenvalue weighted by Gasteiger charge is 2.08. The Kier molecular flexibility index (Phi) is 3.94. The molecule has 0 aliphatic rings. The van der Waals surface area contributed by atoms with Crippen LogP contribution >= 0.6 is 23.4 Å². The predicted octanol–water partition coefficient (Wildman–Crippen LogP) is 2.93. The molecule has 0 saturated carbocycles. The van der Waals surface area contributed by atoms with Crippen LogP contribution in [-0.4, -0.2) is 11.7 Å². The van der Waals surface area contributed by atoms with Gasteiger partial charge in [0.1, 0.15) is 11.8 Å². The number of para-hydroxylation sites is 1. The lowest BCUT2D eigenvalue weighted by atomic mass is 10.3. The predicted molar refractivity (Wildman–Crippen MR) is 55.0 cm³/mol. The van der Waals surface area contributed by atoms with E-state index in [9.17, 15) is 0 Å². The summed E-state index contributed by atoms with van der Waals surface area (Å²) in [5.41, 5.74) is -0.500. The van der Waals surface area contributed by atoms with Crippen molar-refractivity contribution >= 4 is 23.4 Å². The number of ether oxygens (including phenoxy) is 1. The van der Waals surface area contributed by atoms with Crippen molar-refractivity contribution in [2.45, 2.75) is 5.44 Å². The summed E-state index contributed by atoms with van der Waals surface area (Å²) in [5, 5.41) is 9.16. The van der Waals surface area contributed by atoms with E-state index in [1.807, 2.05) is 24.5 Å². The van der Waals surface area contributed by atoms with Crippen molar-refractivity contribution in [3.8, 4) is 11.8 Å². The van der Waals surface area contributed by atoms with Gasteiger partial charge in [-0.1, -0.05) is 23.7 Å². The molecule has 1 unspecified atom stereocenters. The summed E-state index contributed by atoms with van der Waals surface area (Å²) in [6.45, 7) is 0. The van der Waals surface area contributed by atoms with Crippen molar-refractivity contribution in [2.24, 2.45) is 0 Å². The molecule has 68 valence electrons. The Morgan fingerprint density at radius 1 is 1.54 bits per heavy atom. The fraction of sp³-hybridized carbons (Fsp3) is 0.222. The second kappa shape index (κ2) is 5.00. The van der Waals surface area contributed by atoms with Gasteiger partial charge in [-0.3, -0.25) is 0 Å². The molecular weight excluding hydrogens is 206 g/mol. The molecule has 1 aromatic carbocycles. The van der Waals surface area contributed by atoms with Crippen LogP contribution < -0.4 is 4.74 Å². The van der Waals surface area contributed by atoms with Crippen LogP contribution in [0, 0.1) is 11.3 Å². The van der Waals surface area contributed by atoms with Crippen LogP contribution in [0.2, 0.25) is 5.02 Å². The Morgan fingerprint density at radius 2 is 2.23 bits per heavy atom. The van der Waals surface area contributed by atoms with Crippen LogP contribution in [0.25, 0.3) is 0 Å². The third-order valence-corrected chi connectivity index (χ3v) is 2.33. The number of thioether (sulfide) groups is 1. The van der Waals surface area contributed by atoms with Crippen LogP contribution in [0.3, 0.4) is 0 Å². The van der Waals surface area contributed by atoms with Gasteiger partial charge in [0.15, 0.2) is 0 Å². The molecule has 0 aromatic heterocycles. The van der Waals surface area contributed by atoms with Gasteiger partial charge in [0.05, 0.1) is 5.02 Å². The molecule has 0 aliphatic carbocycles. The number of rotatable bonds is 3. The van der Waals surface area contributed by atoms with E-state index in [0.717, 1.165) is 0 Å². The number of hydrogen-bond acceptors (Lipinski definition) is 3. The minimum absolute atomic E-state index is 0.500. The summed E-state index contributed by atoms with van der Waals surface area (Å²) in [4.78, 5) is 0. The molecule has 0 aliphatic heterocycles. The maximum atomic E-state index is 8.64. The van der Waals surface area contributed by atoms with Gasteiger partial charge >= 0.3 is 0 Å². The van der Waals surface area contributed by atoms with Crippen LogP contribution in [0.5, 0.6) is 5.75 Å². The fourth-order valence-corrected chi connectivity index (χ4v) is 1.27. The Bertz CT molecular complexity index is 324. The van der Waals surface area contributed by atoms with Crippen molar-refractivity contribution in [3.05, 3.63) is 29.3 Å². The average molecular weight is 214 g/mol. The second-order valence-electron chi connectivity index (χ2n) is 2.25. The van der Waals surface area contributed by atoms with E-state index in [1.165, 1.54) is 11.8 Å². The fourth-order valence-electron chi connectivity index (χ4n) is 0.783. The van der Waals surface area contributed by atoms with Gasteiger partial charge in [-0.2, -0.15) is 5.26 Å². The van der Waals surface area contributed by atoms with Crippen LogP contribution in [0.4, 0.5) is 0 Å². The number of halogens is 1. The lowest BCUT2D eigenvalue weighted by Crippen LogP contribution is -2.08. The van der Waals surface area contributed by atoms with E-state index in [4.69, 9.17) is 21.6 Å². The molecule has 0 amide bonds. The van der Waals surface area contributed by atoms with Gasteiger partial charge in [0, 0.05) is 0 Å². The first-order valence-electron chi connectivity index (χ1n) is 3.61. The van der Waals surface area contributed by atoms with Crippen molar-refractivity contribution in [1.29, 1.82) is 5.26 Å². The molecule has 4 heteroatoms. The topological polar surface area (TPSA) is 33.0 Å². The molecule has 1 atom stereocenters. The lowest BCUT2D eigenvalue weighted by molar-refractivity contribution is 0.339. The highest BCUT2D eigenvalue weighted by atomic mass is 35.5. The van der Waals surface area contributed by atoms with Gasteiger partial charge in [-0.15, -0.1) is 11.8 Å². The Hall–Kier alpha value is -0.850. The summed E-state index contributed by atoms with van der Waals surface area (Å²) < 4.78 is 5.31. The Morgan fingerprint density at radius 3 is 2.77 bits per heavy atom. The number of nitriles is 1. The summed E-state index contributed by atoms with van der Waals surface area (Å²) >= 11 is 7.17. The van der Waals surface area contributed by atoms with Gasteiger partial charge in [-0.25, -0.2) is 0 Å². The summed E-state index contributed by atoms with van der Waals surface area (Å²) in [6.07, 6.45) is 1.81. The molecule has 1 rings (SSSR count). The zero-order valence-corrected chi connectivity index (χ0v) is 8.60. The smallest absolute Gasteiger partial charge is 0.230 e. The molecule has 0 heterocycles. The van der Waals surface area contributed by atoms with Gasteiger partial charge in [0.25, 0.3) is 0 Å². The van der Waals surface area contributed by atoms with Crippen LogP contribution in [0.1, 0.15) is 0 Å². The maximum absolute atomic E-state index is 8.64. The van der Waals surface area contributed by atoms with Gasteiger partial charge < -0.3 is 4.74 Å². The molecule has 0 bridgehead atoms.